The third-order valence-corrected chi connectivity index (χ3v) is 4.04. The summed E-state index contributed by atoms with van der Waals surface area (Å²) >= 11 is 0. The average Bonchev–Trinajstić information content (AvgIpc) is 2.36. The van der Waals surface area contributed by atoms with Crippen LogP contribution < -0.4 is 5.32 Å². The summed E-state index contributed by atoms with van der Waals surface area (Å²) in [7, 11) is 0. The molecule has 0 bridgehead atoms. The molecule has 19 heavy (non-hydrogen) atoms. The van der Waals surface area contributed by atoms with E-state index in [0.717, 1.165) is 45.7 Å². The minimum atomic E-state index is -0.167. The van der Waals surface area contributed by atoms with Crippen molar-refractivity contribution in [2.24, 2.45) is 0 Å². The Morgan fingerprint density at radius 1 is 1.05 bits per heavy atom. The van der Waals surface area contributed by atoms with E-state index in [1.54, 1.807) is 0 Å². The predicted octanol–water partition coefficient (Wildman–Crippen LogP) is 1.15. The van der Waals surface area contributed by atoms with E-state index in [2.05, 4.69) is 49.7 Å². The van der Waals surface area contributed by atoms with Crippen molar-refractivity contribution in [2.75, 3.05) is 45.9 Å². The quantitative estimate of drug-likeness (QED) is 0.760. The molecular weight excluding hydrogens is 238 g/mol. The molecule has 0 aromatic rings. The first-order valence-corrected chi connectivity index (χ1v) is 7.64. The smallest absolute Gasteiger partial charge is 0.0623 e. The van der Waals surface area contributed by atoms with Crippen LogP contribution in [0.4, 0.5) is 0 Å². The summed E-state index contributed by atoms with van der Waals surface area (Å²) in [4.78, 5) is 5.01. The zero-order chi connectivity index (χ0) is 14.5. The maximum absolute atomic E-state index is 9.62. The number of piperazine rings is 1. The molecule has 0 spiro atoms. The molecule has 0 radical (unpaired) electrons. The van der Waals surface area contributed by atoms with E-state index in [0.29, 0.717) is 0 Å². The highest BCUT2D eigenvalue weighted by molar-refractivity contribution is 4.89. The summed E-state index contributed by atoms with van der Waals surface area (Å²) in [6.45, 7) is 17.7. The Morgan fingerprint density at radius 2 is 1.63 bits per heavy atom. The van der Waals surface area contributed by atoms with Crippen molar-refractivity contribution in [1.82, 2.24) is 15.1 Å². The highest BCUT2D eigenvalue weighted by Crippen LogP contribution is 2.17. The summed E-state index contributed by atoms with van der Waals surface area (Å²) in [5.41, 5.74) is 0.104. The molecule has 1 rings (SSSR count). The average molecular weight is 271 g/mol. The fourth-order valence-electron chi connectivity index (χ4n) is 2.66. The zero-order valence-corrected chi connectivity index (χ0v) is 13.5. The van der Waals surface area contributed by atoms with E-state index in [4.69, 9.17) is 0 Å². The number of nitrogens with one attached hydrogen (secondary N) is 1. The molecule has 1 saturated heterocycles. The maximum Gasteiger partial charge on any atom is 0.0623 e. The second kappa shape index (κ2) is 7.02. The van der Waals surface area contributed by atoms with Gasteiger partial charge in [-0.25, -0.2) is 0 Å². The van der Waals surface area contributed by atoms with Crippen LogP contribution in [0.2, 0.25) is 0 Å². The topological polar surface area (TPSA) is 38.7 Å². The Morgan fingerprint density at radius 3 is 2.05 bits per heavy atom. The van der Waals surface area contributed by atoms with E-state index in [9.17, 15) is 5.11 Å². The van der Waals surface area contributed by atoms with E-state index in [1.165, 1.54) is 0 Å². The minimum Gasteiger partial charge on any atom is -0.394 e. The molecule has 0 aliphatic carbocycles. The number of aliphatic hydroxyl groups is 1. The first kappa shape index (κ1) is 16.9. The van der Waals surface area contributed by atoms with Gasteiger partial charge < -0.3 is 10.4 Å². The van der Waals surface area contributed by atoms with Crippen LogP contribution in [0.1, 0.15) is 41.0 Å². The van der Waals surface area contributed by atoms with Gasteiger partial charge in [0.25, 0.3) is 0 Å². The Balaban J connectivity index is 2.43. The fraction of sp³-hybridized carbons (Fsp3) is 1.00. The van der Waals surface area contributed by atoms with Crippen LogP contribution in [-0.2, 0) is 0 Å². The van der Waals surface area contributed by atoms with Crippen molar-refractivity contribution in [3.8, 4) is 0 Å². The first-order valence-electron chi connectivity index (χ1n) is 7.64. The number of nitrogens with zero attached hydrogens (tertiary/aromatic N) is 2. The molecule has 0 aromatic heterocycles. The number of hydrogen-bond acceptors (Lipinski definition) is 4. The van der Waals surface area contributed by atoms with Crippen molar-refractivity contribution in [2.45, 2.75) is 52.1 Å². The van der Waals surface area contributed by atoms with E-state index < -0.39 is 0 Å². The lowest BCUT2D eigenvalue weighted by Gasteiger charge is -2.44. The highest BCUT2D eigenvalue weighted by atomic mass is 16.3. The molecule has 1 aliphatic heterocycles. The molecule has 1 atom stereocenters. The molecule has 2 N–H and O–H groups in total. The third-order valence-electron chi connectivity index (χ3n) is 4.04. The van der Waals surface area contributed by atoms with Crippen LogP contribution in [-0.4, -0.2) is 71.9 Å². The van der Waals surface area contributed by atoms with Gasteiger partial charge >= 0.3 is 0 Å². The third kappa shape index (κ3) is 5.38. The van der Waals surface area contributed by atoms with E-state index in [-0.39, 0.29) is 17.7 Å². The van der Waals surface area contributed by atoms with Gasteiger partial charge in [-0.3, -0.25) is 9.80 Å². The van der Waals surface area contributed by atoms with Gasteiger partial charge in [0.2, 0.25) is 0 Å². The largest absolute Gasteiger partial charge is 0.394 e. The first-order chi connectivity index (χ1) is 8.80. The SMILES string of the molecule is CCCNC(C)(CO)CN1CCN(C(C)(C)C)CC1. The number of aliphatic hydroxyl groups excluding tert-OH is 1. The Kier molecular flexibility index (Phi) is 6.24. The van der Waals surface area contributed by atoms with Crippen molar-refractivity contribution < 1.29 is 5.11 Å². The molecule has 0 aromatic carbocycles. The van der Waals surface area contributed by atoms with Crippen LogP contribution in [0.25, 0.3) is 0 Å². The molecule has 1 aliphatic rings. The van der Waals surface area contributed by atoms with Gasteiger partial charge in [0.15, 0.2) is 0 Å². The number of hydrogen-bond donors (Lipinski definition) is 2. The molecule has 114 valence electrons. The lowest BCUT2D eigenvalue weighted by atomic mass is 10.0. The maximum atomic E-state index is 9.62. The van der Waals surface area contributed by atoms with Gasteiger partial charge in [-0.2, -0.15) is 0 Å². The Bertz CT molecular complexity index is 257. The summed E-state index contributed by atoms with van der Waals surface area (Å²) in [6.07, 6.45) is 1.10. The van der Waals surface area contributed by atoms with Crippen molar-refractivity contribution in [3.05, 3.63) is 0 Å². The Hall–Kier alpha value is -0.160. The van der Waals surface area contributed by atoms with Gasteiger partial charge in [-0.1, -0.05) is 6.92 Å². The lowest BCUT2D eigenvalue weighted by molar-refractivity contribution is 0.0397. The van der Waals surface area contributed by atoms with Gasteiger partial charge in [-0.15, -0.1) is 0 Å². The van der Waals surface area contributed by atoms with E-state index in [1.807, 2.05) is 0 Å². The van der Waals surface area contributed by atoms with Crippen LogP contribution in [0, 0.1) is 0 Å². The van der Waals surface area contributed by atoms with Crippen LogP contribution >= 0.6 is 0 Å². The van der Waals surface area contributed by atoms with Gasteiger partial charge in [0.1, 0.15) is 0 Å². The monoisotopic (exact) mass is 271 g/mol. The second-order valence-corrected chi connectivity index (χ2v) is 7.08. The summed E-state index contributed by atoms with van der Waals surface area (Å²) in [6, 6.07) is 0. The zero-order valence-electron chi connectivity index (χ0n) is 13.5. The molecule has 4 heteroatoms. The summed E-state index contributed by atoms with van der Waals surface area (Å²) in [5.74, 6) is 0. The number of rotatable bonds is 6. The lowest BCUT2D eigenvalue weighted by Crippen LogP contribution is -2.59. The fourth-order valence-corrected chi connectivity index (χ4v) is 2.66. The molecule has 4 nitrogen and oxygen atoms in total. The Labute approximate surface area is 119 Å². The molecule has 1 heterocycles. The van der Waals surface area contributed by atoms with Crippen molar-refractivity contribution >= 4 is 0 Å². The molecule has 1 fully saturated rings. The van der Waals surface area contributed by atoms with Crippen molar-refractivity contribution in [1.29, 1.82) is 0 Å². The summed E-state index contributed by atoms with van der Waals surface area (Å²) in [5, 5.41) is 13.1. The van der Waals surface area contributed by atoms with Gasteiger partial charge in [-0.05, 0) is 40.7 Å². The molecular formula is C15H33N3O. The molecule has 0 amide bonds. The molecule has 0 saturated carbocycles. The summed E-state index contributed by atoms with van der Waals surface area (Å²) < 4.78 is 0. The van der Waals surface area contributed by atoms with Gasteiger partial charge in [0, 0.05) is 38.3 Å². The van der Waals surface area contributed by atoms with Crippen LogP contribution in [0.15, 0.2) is 0 Å². The van der Waals surface area contributed by atoms with E-state index >= 15 is 0 Å². The van der Waals surface area contributed by atoms with Crippen LogP contribution in [0.3, 0.4) is 0 Å². The predicted molar refractivity (Wildman–Crippen MR) is 81.6 cm³/mol. The van der Waals surface area contributed by atoms with Gasteiger partial charge in [0.05, 0.1) is 12.1 Å². The van der Waals surface area contributed by atoms with Crippen LogP contribution in [0.5, 0.6) is 0 Å². The molecule has 1 unspecified atom stereocenters. The normalized spacial score (nSPS) is 22.4. The standard InChI is InChI=1S/C15H33N3O/c1-6-7-16-15(5,13-19)12-17-8-10-18(11-9-17)14(2,3)4/h16,19H,6-13H2,1-5H3. The van der Waals surface area contributed by atoms with Crippen molar-refractivity contribution in [3.63, 3.8) is 0 Å². The minimum absolute atomic E-state index is 0.167. The highest BCUT2D eigenvalue weighted by Gasteiger charge is 2.30. The second-order valence-electron chi connectivity index (χ2n) is 7.08.